The minimum Gasteiger partial charge on any atom is -0.389 e. The normalized spacial score (nSPS) is 12.7. The van der Waals surface area contributed by atoms with Gasteiger partial charge in [0.2, 0.25) is 0 Å². The summed E-state index contributed by atoms with van der Waals surface area (Å²) in [7, 11) is 0. The highest BCUT2D eigenvalue weighted by atomic mass is 79.9. The Morgan fingerprint density at radius 2 is 2.05 bits per heavy atom. The number of aliphatic hydroxyl groups is 1. The van der Waals surface area contributed by atoms with E-state index in [0.29, 0.717) is 26.4 Å². The predicted molar refractivity (Wildman–Crippen MR) is 85.3 cm³/mol. The van der Waals surface area contributed by atoms with E-state index in [-0.39, 0.29) is 6.10 Å². The third kappa shape index (κ3) is 7.24. The number of benzene rings is 1. The third-order valence-electron chi connectivity index (χ3n) is 2.72. The van der Waals surface area contributed by atoms with E-state index in [2.05, 4.69) is 21.2 Å². The Bertz CT molecular complexity index is 399. The Balaban J connectivity index is 2.19. The molecule has 0 aliphatic rings. The zero-order valence-corrected chi connectivity index (χ0v) is 13.9. The number of anilines is 1. The Kier molecular flexibility index (Phi) is 8.14. The first kappa shape index (κ1) is 17.4. The highest BCUT2D eigenvalue weighted by Gasteiger charge is 2.06. The van der Waals surface area contributed by atoms with Crippen molar-refractivity contribution in [1.82, 2.24) is 0 Å². The molecule has 0 radical (unpaired) electrons. The molecule has 0 fully saturated rings. The molecule has 0 amide bonds. The third-order valence-corrected chi connectivity index (χ3v) is 3.21. The summed E-state index contributed by atoms with van der Waals surface area (Å²) in [5.74, 6) is 0. The van der Waals surface area contributed by atoms with Crippen LogP contribution in [0.2, 0.25) is 0 Å². The van der Waals surface area contributed by atoms with Crippen molar-refractivity contribution in [3.05, 3.63) is 28.2 Å². The molecule has 1 unspecified atom stereocenters. The van der Waals surface area contributed by atoms with E-state index in [1.165, 1.54) is 0 Å². The Hall–Kier alpha value is -0.620. The smallest absolute Gasteiger partial charge is 0.0945 e. The quantitative estimate of drug-likeness (QED) is 0.675. The lowest BCUT2D eigenvalue weighted by Crippen LogP contribution is -2.26. The molecule has 1 aromatic rings. The van der Waals surface area contributed by atoms with Gasteiger partial charge < -0.3 is 19.9 Å². The SMILES string of the molecule is Cc1ccc(Br)cc1NCC(O)COCCOC(C)C. The Morgan fingerprint density at radius 3 is 2.75 bits per heavy atom. The summed E-state index contributed by atoms with van der Waals surface area (Å²) in [6, 6.07) is 6.02. The number of rotatable bonds is 9. The zero-order valence-electron chi connectivity index (χ0n) is 12.4. The molecule has 1 aromatic carbocycles. The van der Waals surface area contributed by atoms with E-state index < -0.39 is 6.10 Å². The number of hydrogen-bond acceptors (Lipinski definition) is 4. The molecule has 1 atom stereocenters. The van der Waals surface area contributed by atoms with Crippen molar-refractivity contribution in [2.45, 2.75) is 33.0 Å². The van der Waals surface area contributed by atoms with Gasteiger partial charge in [-0.15, -0.1) is 0 Å². The molecule has 1 rings (SSSR count). The number of aryl methyl sites for hydroxylation is 1. The molecular formula is C15H24BrNO3. The van der Waals surface area contributed by atoms with Crippen LogP contribution in [-0.4, -0.2) is 43.7 Å². The van der Waals surface area contributed by atoms with Crippen LogP contribution in [-0.2, 0) is 9.47 Å². The first-order chi connectivity index (χ1) is 9.49. The van der Waals surface area contributed by atoms with Crippen LogP contribution in [0.25, 0.3) is 0 Å². The van der Waals surface area contributed by atoms with E-state index in [4.69, 9.17) is 9.47 Å². The van der Waals surface area contributed by atoms with Crippen molar-refractivity contribution in [1.29, 1.82) is 0 Å². The van der Waals surface area contributed by atoms with Crippen molar-refractivity contribution in [2.24, 2.45) is 0 Å². The van der Waals surface area contributed by atoms with Gasteiger partial charge in [-0.25, -0.2) is 0 Å². The van der Waals surface area contributed by atoms with Gasteiger partial charge in [0.15, 0.2) is 0 Å². The van der Waals surface area contributed by atoms with E-state index >= 15 is 0 Å². The standard InChI is InChI=1S/C15H24BrNO3/c1-11(2)20-7-6-19-10-14(18)9-17-15-8-13(16)5-4-12(15)3/h4-5,8,11,14,17-18H,6-7,9-10H2,1-3H3. The van der Waals surface area contributed by atoms with Crippen molar-refractivity contribution in [2.75, 3.05) is 31.7 Å². The highest BCUT2D eigenvalue weighted by Crippen LogP contribution is 2.20. The average Bonchev–Trinajstić information content (AvgIpc) is 2.39. The first-order valence-electron chi connectivity index (χ1n) is 6.86. The fourth-order valence-electron chi connectivity index (χ4n) is 1.63. The molecule has 0 saturated heterocycles. The number of hydrogen-bond donors (Lipinski definition) is 2. The van der Waals surface area contributed by atoms with Gasteiger partial charge in [-0.05, 0) is 38.5 Å². The minimum absolute atomic E-state index is 0.213. The van der Waals surface area contributed by atoms with Gasteiger partial charge in [-0.3, -0.25) is 0 Å². The summed E-state index contributed by atoms with van der Waals surface area (Å²) in [4.78, 5) is 0. The summed E-state index contributed by atoms with van der Waals surface area (Å²) in [5, 5.41) is 13.1. The fraction of sp³-hybridized carbons (Fsp3) is 0.600. The van der Waals surface area contributed by atoms with E-state index in [1.807, 2.05) is 39.0 Å². The molecule has 5 heteroatoms. The number of halogens is 1. The molecule has 0 aromatic heterocycles. The largest absolute Gasteiger partial charge is 0.389 e. The van der Waals surface area contributed by atoms with Crippen LogP contribution in [0.5, 0.6) is 0 Å². The molecule has 0 bridgehead atoms. The van der Waals surface area contributed by atoms with E-state index in [9.17, 15) is 5.11 Å². The second-order valence-corrected chi connectivity index (χ2v) is 5.90. The molecule has 0 aliphatic heterocycles. The second-order valence-electron chi connectivity index (χ2n) is 4.99. The summed E-state index contributed by atoms with van der Waals surface area (Å²) in [6.45, 7) is 7.83. The van der Waals surface area contributed by atoms with Crippen LogP contribution < -0.4 is 5.32 Å². The molecular weight excluding hydrogens is 322 g/mol. The van der Waals surface area contributed by atoms with Crippen molar-refractivity contribution in [3.63, 3.8) is 0 Å². The molecule has 4 nitrogen and oxygen atoms in total. The van der Waals surface area contributed by atoms with Crippen molar-refractivity contribution >= 4 is 21.6 Å². The lowest BCUT2D eigenvalue weighted by Gasteiger charge is -2.15. The summed E-state index contributed by atoms with van der Waals surface area (Å²) < 4.78 is 11.7. The van der Waals surface area contributed by atoms with E-state index in [1.54, 1.807) is 0 Å². The van der Waals surface area contributed by atoms with Crippen LogP contribution in [0.15, 0.2) is 22.7 Å². The van der Waals surface area contributed by atoms with Crippen molar-refractivity contribution in [3.8, 4) is 0 Å². The summed E-state index contributed by atoms with van der Waals surface area (Å²) in [5.41, 5.74) is 2.16. The van der Waals surface area contributed by atoms with Gasteiger partial charge in [0.1, 0.15) is 0 Å². The molecule has 0 aliphatic carbocycles. The van der Waals surface area contributed by atoms with Crippen LogP contribution in [0.3, 0.4) is 0 Å². The van der Waals surface area contributed by atoms with Gasteiger partial charge in [0.05, 0.1) is 32.0 Å². The molecule has 20 heavy (non-hydrogen) atoms. The lowest BCUT2D eigenvalue weighted by atomic mass is 10.2. The lowest BCUT2D eigenvalue weighted by molar-refractivity contribution is -0.00734. The molecule has 0 heterocycles. The Morgan fingerprint density at radius 1 is 1.30 bits per heavy atom. The van der Waals surface area contributed by atoms with Gasteiger partial charge in [0, 0.05) is 16.7 Å². The molecule has 0 spiro atoms. The van der Waals surface area contributed by atoms with Gasteiger partial charge >= 0.3 is 0 Å². The average molecular weight is 346 g/mol. The first-order valence-corrected chi connectivity index (χ1v) is 7.65. The number of nitrogens with one attached hydrogen (secondary N) is 1. The maximum atomic E-state index is 9.84. The number of ether oxygens (including phenoxy) is 2. The van der Waals surface area contributed by atoms with Crippen LogP contribution in [0.1, 0.15) is 19.4 Å². The second kappa shape index (κ2) is 9.34. The molecule has 0 saturated carbocycles. The maximum Gasteiger partial charge on any atom is 0.0945 e. The van der Waals surface area contributed by atoms with Gasteiger partial charge in [0.25, 0.3) is 0 Å². The summed E-state index contributed by atoms with van der Waals surface area (Å²) in [6.07, 6.45) is -0.322. The maximum absolute atomic E-state index is 9.84. The summed E-state index contributed by atoms with van der Waals surface area (Å²) >= 11 is 3.43. The fourth-order valence-corrected chi connectivity index (χ4v) is 1.99. The predicted octanol–water partition coefficient (Wildman–Crippen LogP) is 2.97. The van der Waals surface area contributed by atoms with Gasteiger partial charge in [-0.1, -0.05) is 22.0 Å². The highest BCUT2D eigenvalue weighted by molar-refractivity contribution is 9.10. The monoisotopic (exact) mass is 345 g/mol. The number of aliphatic hydroxyl groups excluding tert-OH is 1. The van der Waals surface area contributed by atoms with Crippen LogP contribution >= 0.6 is 15.9 Å². The topological polar surface area (TPSA) is 50.7 Å². The van der Waals surface area contributed by atoms with E-state index in [0.717, 1.165) is 15.7 Å². The van der Waals surface area contributed by atoms with Crippen LogP contribution in [0, 0.1) is 6.92 Å². The van der Waals surface area contributed by atoms with Crippen LogP contribution in [0.4, 0.5) is 5.69 Å². The van der Waals surface area contributed by atoms with Crippen molar-refractivity contribution < 1.29 is 14.6 Å². The zero-order chi connectivity index (χ0) is 15.0. The van der Waals surface area contributed by atoms with Gasteiger partial charge in [-0.2, -0.15) is 0 Å². The molecule has 2 N–H and O–H groups in total. The Labute approximate surface area is 129 Å². The minimum atomic E-state index is -0.535. The molecule has 114 valence electrons.